The third kappa shape index (κ3) is 10.4. The summed E-state index contributed by atoms with van der Waals surface area (Å²) in [6, 6.07) is 5.20. The molecule has 16 heteroatoms. The third-order valence-electron chi connectivity index (χ3n) is 12.9. The van der Waals surface area contributed by atoms with Crippen LogP contribution in [0.25, 0.3) is 21.8 Å². The van der Waals surface area contributed by atoms with E-state index >= 15 is 0 Å². The van der Waals surface area contributed by atoms with Gasteiger partial charge in [0.1, 0.15) is 23.7 Å². The summed E-state index contributed by atoms with van der Waals surface area (Å²) in [4.78, 5) is 65.2. The van der Waals surface area contributed by atoms with Gasteiger partial charge in [-0.25, -0.2) is 8.78 Å². The largest absolute Gasteiger partial charge is 0.391 e. The number of likely N-dealkylation sites (tertiary alicyclic amines) is 2. The van der Waals surface area contributed by atoms with Crippen LogP contribution in [0.3, 0.4) is 0 Å². The quantitative estimate of drug-likeness (QED) is 0.0938. The van der Waals surface area contributed by atoms with Crippen LogP contribution in [0.2, 0.25) is 0 Å². The molecule has 8 atom stereocenters. The van der Waals surface area contributed by atoms with Gasteiger partial charge in [-0.1, -0.05) is 41.5 Å². The maximum Gasteiger partial charge on any atom is 0.246 e. The lowest BCUT2D eigenvalue weighted by atomic mass is 9.85. The Hall–Kier alpha value is -4.90. The number of aromatic nitrogens is 2. The normalized spacial score (nSPS) is 21.5. The van der Waals surface area contributed by atoms with Gasteiger partial charge in [0.2, 0.25) is 23.6 Å². The van der Waals surface area contributed by atoms with E-state index in [1.54, 1.807) is 49.9 Å². The van der Waals surface area contributed by atoms with Crippen molar-refractivity contribution in [2.45, 2.75) is 136 Å². The molecule has 2 saturated heterocycles. The van der Waals surface area contributed by atoms with Crippen molar-refractivity contribution in [3.8, 4) is 0 Å². The Morgan fingerprint density at radius 1 is 0.683 bits per heavy atom. The number of nitrogens with one attached hydrogen (secondary N) is 6. The molecule has 6 rings (SSSR count). The molecule has 344 valence electrons. The molecule has 4 amide bonds. The van der Waals surface area contributed by atoms with Crippen molar-refractivity contribution < 1.29 is 38.2 Å². The van der Waals surface area contributed by atoms with E-state index in [1.165, 1.54) is 24.3 Å². The van der Waals surface area contributed by atoms with Gasteiger partial charge in [-0.05, 0) is 112 Å². The molecule has 4 heterocycles. The van der Waals surface area contributed by atoms with Crippen molar-refractivity contribution in [1.82, 2.24) is 41.0 Å². The zero-order valence-corrected chi connectivity index (χ0v) is 38.2. The summed E-state index contributed by atoms with van der Waals surface area (Å²) in [5.41, 5.74) is 2.82. The number of aliphatic hydroxyl groups is 2. The molecule has 2 aromatic heterocycles. The van der Waals surface area contributed by atoms with Crippen molar-refractivity contribution in [3.63, 3.8) is 0 Å². The van der Waals surface area contributed by atoms with Crippen LogP contribution in [0.1, 0.15) is 90.7 Å². The summed E-state index contributed by atoms with van der Waals surface area (Å²) in [7, 11) is 3.33. The lowest BCUT2D eigenvalue weighted by Gasteiger charge is -2.36. The smallest absolute Gasteiger partial charge is 0.246 e. The van der Waals surface area contributed by atoms with E-state index in [1.807, 2.05) is 41.5 Å². The molecule has 0 bridgehead atoms. The number of aromatic amines is 2. The highest BCUT2D eigenvalue weighted by atomic mass is 19.1. The zero-order valence-electron chi connectivity index (χ0n) is 38.2. The van der Waals surface area contributed by atoms with Gasteiger partial charge >= 0.3 is 0 Å². The van der Waals surface area contributed by atoms with E-state index < -0.39 is 70.9 Å². The molecule has 0 aliphatic carbocycles. The van der Waals surface area contributed by atoms with Gasteiger partial charge in [-0.2, -0.15) is 0 Å². The SMILES string of the molecule is CN[C@@H](C)C(=O)N[C@H](C(=O)N1C[C@@H](O)C[C@H]1Cc1c(Cc2[nH]c3cc(F)ccc3c2C[C@@H]2C[C@H](O)CN2C(=O)[C@@H](NC(=O)[C@H](C)NC)C(C)(C)C)[nH]c2cc(F)ccc12)C(C)(C)C. The number of fused-ring (bicyclic) bond motifs is 2. The van der Waals surface area contributed by atoms with E-state index in [-0.39, 0.29) is 56.0 Å². The van der Waals surface area contributed by atoms with E-state index in [2.05, 4.69) is 31.2 Å². The minimum atomic E-state index is -0.883. The van der Waals surface area contributed by atoms with Crippen LogP contribution in [0.15, 0.2) is 36.4 Å². The van der Waals surface area contributed by atoms with Gasteiger partial charge in [0.15, 0.2) is 0 Å². The number of hydrogen-bond acceptors (Lipinski definition) is 8. The predicted molar refractivity (Wildman–Crippen MR) is 239 cm³/mol. The van der Waals surface area contributed by atoms with Crippen LogP contribution in [-0.4, -0.2) is 129 Å². The Bertz CT molecular complexity index is 2170. The molecule has 0 radical (unpaired) electrons. The van der Waals surface area contributed by atoms with Gasteiger partial charge in [-0.3, -0.25) is 19.2 Å². The summed E-state index contributed by atoms with van der Waals surface area (Å²) in [6.45, 7) is 14.9. The third-order valence-corrected chi connectivity index (χ3v) is 12.9. The average molecular weight is 877 g/mol. The molecule has 2 aromatic carbocycles. The lowest BCUT2D eigenvalue weighted by Crippen LogP contribution is -2.58. The number of carbonyl (C=O) groups excluding carboxylic acids is 4. The number of rotatable bonds is 14. The van der Waals surface area contributed by atoms with E-state index in [0.717, 1.165) is 33.3 Å². The molecule has 0 saturated carbocycles. The number of halogens is 2. The molecule has 2 fully saturated rings. The topological polar surface area (TPSA) is 195 Å². The summed E-state index contributed by atoms with van der Waals surface area (Å²) in [6.07, 6.45) is -0.202. The first kappa shape index (κ1) is 47.6. The number of nitrogens with zero attached hydrogens (tertiary/aromatic N) is 2. The van der Waals surface area contributed by atoms with Gasteiger partial charge in [0.05, 0.1) is 24.3 Å². The summed E-state index contributed by atoms with van der Waals surface area (Å²) in [5, 5.41) is 35.3. The molecule has 63 heavy (non-hydrogen) atoms. The van der Waals surface area contributed by atoms with Crippen molar-refractivity contribution >= 4 is 45.4 Å². The molecule has 2 aliphatic heterocycles. The summed E-state index contributed by atoms with van der Waals surface area (Å²) < 4.78 is 29.6. The highest BCUT2D eigenvalue weighted by Crippen LogP contribution is 2.36. The fourth-order valence-corrected chi connectivity index (χ4v) is 9.12. The monoisotopic (exact) mass is 877 g/mol. The van der Waals surface area contributed by atoms with Crippen LogP contribution < -0.4 is 21.3 Å². The van der Waals surface area contributed by atoms with Gasteiger partial charge < -0.3 is 51.2 Å². The van der Waals surface area contributed by atoms with E-state index in [9.17, 15) is 38.2 Å². The number of aliphatic hydroxyl groups excluding tert-OH is 2. The Morgan fingerprint density at radius 2 is 1.05 bits per heavy atom. The van der Waals surface area contributed by atoms with Crippen LogP contribution in [0, 0.1) is 22.5 Å². The molecular formula is C47H66F2N8O6. The van der Waals surface area contributed by atoms with Crippen molar-refractivity contribution in [1.29, 1.82) is 0 Å². The number of likely N-dealkylation sites (N-methyl/N-ethyl adjacent to an activating group) is 2. The highest BCUT2D eigenvalue weighted by molar-refractivity contribution is 5.92. The van der Waals surface area contributed by atoms with Crippen molar-refractivity contribution in [3.05, 3.63) is 70.5 Å². The van der Waals surface area contributed by atoms with Gasteiger partial charge in [-0.15, -0.1) is 0 Å². The van der Waals surface area contributed by atoms with Crippen LogP contribution in [-0.2, 0) is 38.4 Å². The number of carbonyl (C=O) groups is 4. The van der Waals surface area contributed by atoms with E-state index in [4.69, 9.17) is 0 Å². The van der Waals surface area contributed by atoms with Gasteiger partial charge in [0, 0.05) is 64.8 Å². The van der Waals surface area contributed by atoms with Gasteiger partial charge in [0.25, 0.3) is 0 Å². The van der Waals surface area contributed by atoms with Crippen molar-refractivity contribution in [2.24, 2.45) is 10.8 Å². The minimum Gasteiger partial charge on any atom is -0.391 e. The zero-order chi connectivity index (χ0) is 46.3. The molecule has 2 aliphatic rings. The fourth-order valence-electron chi connectivity index (χ4n) is 9.12. The first-order chi connectivity index (χ1) is 29.5. The second kappa shape index (κ2) is 18.7. The molecule has 0 unspecified atom stereocenters. The molecule has 8 N–H and O–H groups in total. The first-order valence-electron chi connectivity index (χ1n) is 22.0. The highest BCUT2D eigenvalue weighted by Gasteiger charge is 2.44. The molecular weight excluding hydrogens is 811 g/mol. The Labute approximate surface area is 368 Å². The van der Waals surface area contributed by atoms with Crippen LogP contribution in [0.5, 0.6) is 0 Å². The Morgan fingerprint density at radius 3 is 1.38 bits per heavy atom. The number of β-amino-alcohol motifs (C(OH)–C–C–N with tert-alkyl or cyclic N) is 2. The molecule has 4 aromatic rings. The standard InChI is InChI=1S/C47H66F2N8O6/c1-24(50-9)42(60)54-40(46(3,4)5)44(62)56-22-30(58)17-28(56)19-34-32-13-11-26(48)15-36(32)52-38(34)21-39-35(33-14-12-27(49)16-37(33)53-39)20-29-18-31(59)23-57(29)45(63)41(47(6,7)8)55-43(61)25(2)51-10/h11-16,24-25,28-31,40-41,50-53,58-59H,17-23H2,1-10H3,(H,54,60)(H,55,61)/t24-,25-,28-,29-,30-,31-,40+,41+/m0/s1. The van der Waals surface area contributed by atoms with E-state index in [0.29, 0.717) is 23.9 Å². The predicted octanol–water partition coefficient (Wildman–Crippen LogP) is 3.80. The number of benzene rings is 2. The average Bonchev–Trinajstić information content (AvgIpc) is 3.96. The second-order valence-electron chi connectivity index (χ2n) is 19.8. The second-order valence-corrected chi connectivity index (χ2v) is 19.8. The molecule has 0 spiro atoms. The maximum absolute atomic E-state index is 14.8. The van der Waals surface area contributed by atoms with Crippen molar-refractivity contribution in [2.75, 3.05) is 27.2 Å². The van der Waals surface area contributed by atoms with Crippen LogP contribution >= 0.6 is 0 Å². The number of amides is 4. The minimum absolute atomic E-state index is 0.0777. The maximum atomic E-state index is 14.8. The number of H-pyrrole nitrogens is 2. The fraction of sp³-hybridized carbons (Fsp3) is 0.574. The number of hydrogen-bond donors (Lipinski definition) is 8. The molecule has 14 nitrogen and oxygen atoms in total. The lowest BCUT2D eigenvalue weighted by molar-refractivity contribution is -0.141. The first-order valence-corrected chi connectivity index (χ1v) is 22.0. The Balaban J connectivity index is 1.37. The summed E-state index contributed by atoms with van der Waals surface area (Å²) >= 11 is 0. The van der Waals surface area contributed by atoms with Crippen LogP contribution in [0.4, 0.5) is 8.78 Å². The Kier molecular flexibility index (Phi) is 14.1. The summed E-state index contributed by atoms with van der Waals surface area (Å²) in [5.74, 6) is -2.14.